The molecular weight excluding hydrogens is 1490 g/mol. The van der Waals surface area contributed by atoms with Gasteiger partial charge in [-0.3, -0.25) is 53.3 Å². The zero-order chi connectivity index (χ0) is 81.9. The summed E-state index contributed by atoms with van der Waals surface area (Å²) in [6.45, 7) is 12.0. The fraction of sp³-hybridized carbons (Fsp3) is 0.470. The lowest BCUT2D eigenvalue weighted by atomic mass is 9.50. The van der Waals surface area contributed by atoms with Crippen molar-refractivity contribution in [1.29, 1.82) is 0 Å². The lowest BCUT2D eigenvalue weighted by molar-refractivity contribution is -0.193. The highest BCUT2D eigenvalue weighted by Gasteiger charge is 2.56. The number of urea groups is 1. The number of ketones is 1. The minimum absolute atomic E-state index is 0.0369. The SMILES string of the molecule is Cc1c(-c2ccc(-c3ccc4cccc(C(=O)Nc5nc6ccccc6s5)c4c3)nc2C(=O)O)cnn1CC12CC(C)CC(C)(C1)CC(C)(OCCN(CCC(=O)O[C@H]1C[C@@H](C(=O)O)[C@H](O)[C@@H](O)[C@@H]1O)C(=O)OCc1ccc(NC(=O)[C@H](CCCNC(N)=O)CC(=O)[C@@H](NC(=O)CCCCCN3C(=O)C=CC3=O)C(C)C)cc1)C2. The molecule has 8 amide bonds. The summed E-state index contributed by atoms with van der Waals surface area (Å²) in [6, 6.07) is 26.7. The van der Waals surface area contributed by atoms with E-state index in [1.165, 1.54) is 28.4 Å². The summed E-state index contributed by atoms with van der Waals surface area (Å²) in [5.41, 5.74) is 8.39. The zero-order valence-corrected chi connectivity index (χ0v) is 65.5. The summed E-state index contributed by atoms with van der Waals surface area (Å²) in [5, 5.41) is 70.1. The van der Waals surface area contributed by atoms with Gasteiger partial charge in [-0.15, -0.1) is 0 Å². The van der Waals surface area contributed by atoms with Crippen LogP contribution in [0.1, 0.15) is 157 Å². The molecule has 1 aliphatic heterocycles. The number of aliphatic hydroxyl groups excluding tert-OH is 3. The van der Waals surface area contributed by atoms with Gasteiger partial charge in [0.25, 0.3) is 17.7 Å². The molecule has 4 aromatic carbocycles. The number of aliphatic carboxylic acids is 1. The highest BCUT2D eigenvalue weighted by molar-refractivity contribution is 7.22. The van der Waals surface area contributed by atoms with Crippen LogP contribution in [0.3, 0.4) is 0 Å². The van der Waals surface area contributed by atoms with Gasteiger partial charge in [-0.2, -0.15) is 5.10 Å². The van der Waals surface area contributed by atoms with Crippen LogP contribution in [0.25, 0.3) is 43.4 Å². The highest BCUT2D eigenvalue weighted by Crippen LogP contribution is 2.61. The van der Waals surface area contributed by atoms with E-state index in [-0.39, 0.29) is 117 Å². The molecule has 606 valence electrons. The Labute approximate surface area is 662 Å². The standard InChI is InChI=1S/C83H99N11O19S/c1-47(2)69(90-65(96)19-8-7-11-32-93-66(97)28-29-67(93)98)62(95)37-53(15-13-31-85-78(84)109)74(103)87-54-24-20-50(21-25-54)42-111-80(110)92(33-30-68(99)113-63-38-58(76(105)106)71(100)73(102)72(63)101)34-35-112-82(6)43-81(5)39-48(3)40-83(44-81,45-82)46-94-49(4)59(41-86-94)55-26-27-60(88-70(55)77(107)108)52-23-22-51-14-12-16-56(57(51)36-52)75(104)91-79-89-61-17-9-10-18-64(61)114-79/h9-10,12,14,16-18,20-29,36,41,47-48,53,58,63,69,71-73,100-102H,7-8,11,13,15,19,30-35,37-40,42-46H2,1-6H3,(H,87,103)(H,90,96)(H,105,106)(H,107,108)(H3,84,85,109)(H,89,91,104)/t48?,53-,58-,63+,69+,71+,72-,73-,81?,82?,83?/m1/s1. The van der Waals surface area contributed by atoms with Crippen LogP contribution >= 0.6 is 11.3 Å². The molecule has 0 spiro atoms. The molecule has 114 heavy (non-hydrogen) atoms. The van der Waals surface area contributed by atoms with Gasteiger partial charge < -0.3 is 66.3 Å². The number of carboxylic acid groups (broad SMARTS) is 2. The number of nitrogens with two attached hydrogens (primary N) is 1. The maximum absolute atomic E-state index is 14.4. The Morgan fingerprint density at radius 2 is 1.54 bits per heavy atom. The van der Waals surface area contributed by atoms with Crippen LogP contribution in [0.5, 0.6) is 0 Å². The number of esters is 1. The molecule has 2 bridgehead atoms. The van der Waals surface area contributed by atoms with Gasteiger partial charge in [0.05, 0.1) is 58.8 Å². The van der Waals surface area contributed by atoms with Gasteiger partial charge in [-0.1, -0.05) is 94.0 Å². The van der Waals surface area contributed by atoms with Crippen molar-refractivity contribution in [3.05, 3.63) is 138 Å². The Morgan fingerprint density at radius 1 is 0.789 bits per heavy atom. The van der Waals surface area contributed by atoms with E-state index in [0.29, 0.717) is 94.3 Å². The Balaban J connectivity index is 0.746. The summed E-state index contributed by atoms with van der Waals surface area (Å²) in [5.74, 6) is -8.56. The van der Waals surface area contributed by atoms with E-state index in [9.17, 15) is 78.3 Å². The molecular formula is C83H99N11O19S. The van der Waals surface area contributed by atoms with Gasteiger partial charge in [0, 0.05) is 104 Å². The molecule has 31 heteroatoms. The number of aromatic carboxylic acids is 1. The fourth-order valence-corrected chi connectivity index (χ4v) is 18.2. The number of rotatable bonds is 35. The molecule has 4 heterocycles. The number of para-hydroxylation sites is 1. The summed E-state index contributed by atoms with van der Waals surface area (Å²) in [4.78, 5) is 155. The number of thiazole rings is 1. The van der Waals surface area contributed by atoms with E-state index >= 15 is 0 Å². The number of Topliss-reactive ketones (excluding diaryl/α,β-unsaturated/α-hetero) is 1. The molecule has 0 radical (unpaired) electrons. The van der Waals surface area contributed by atoms with Gasteiger partial charge in [-0.25, -0.2) is 24.4 Å². The molecule has 7 aromatic rings. The van der Waals surface area contributed by atoms with Crippen molar-refractivity contribution in [2.75, 3.05) is 43.4 Å². The number of anilines is 2. The lowest BCUT2D eigenvalue weighted by Crippen LogP contribution is -2.56. The molecule has 3 saturated carbocycles. The molecule has 11 N–H and O–H groups in total. The Morgan fingerprint density at radius 3 is 2.26 bits per heavy atom. The molecule has 11 rings (SSSR count). The van der Waals surface area contributed by atoms with Crippen molar-refractivity contribution in [3.8, 4) is 22.4 Å². The number of nitrogens with one attached hydrogen (secondary N) is 4. The second kappa shape index (κ2) is 36.5. The molecule has 3 aliphatic carbocycles. The van der Waals surface area contributed by atoms with E-state index in [1.54, 1.807) is 68.6 Å². The molecule has 4 aliphatic rings. The Hall–Kier alpha value is -10.9. The normalized spacial score (nSPS) is 22.4. The first-order chi connectivity index (χ1) is 54.3. The third-order valence-corrected chi connectivity index (χ3v) is 23.0. The molecule has 0 saturated heterocycles. The number of aliphatic hydroxyl groups is 3. The van der Waals surface area contributed by atoms with E-state index in [2.05, 4.69) is 40.1 Å². The van der Waals surface area contributed by atoms with Gasteiger partial charge in [-0.05, 0) is 159 Å². The molecule has 11 atom stereocenters. The van der Waals surface area contributed by atoms with E-state index in [1.807, 2.05) is 67.1 Å². The number of carbonyl (C=O) groups is 11. The quantitative estimate of drug-likeness (QED) is 0.0100. The topological polar surface area (TPSA) is 441 Å². The number of carbonyl (C=O) groups excluding carboxylic acids is 9. The first-order valence-electron chi connectivity index (χ1n) is 38.5. The second-order valence-corrected chi connectivity index (χ2v) is 32.8. The van der Waals surface area contributed by atoms with E-state index < -0.39 is 96.7 Å². The number of pyridine rings is 1. The third kappa shape index (κ3) is 20.7. The number of amides is 8. The smallest absolute Gasteiger partial charge is 0.410 e. The predicted molar refractivity (Wildman–Crippen MR) is 421 cm³/mol. The van der Waals surface area contributed by atoms with Gasteiger partial charge in [0.15, 0.2) is 16.6 Å². The number of unbranched alkanes of at least 4 members (excludes halogenated alkanes) is 2. The van der Waals surface area contributed by atoms with E-state index in [0.717, 1.165) is 45.5 Å². The number of imide groups is 1. The van der Waals surface area contributed by atoms with Crippen molar-refractivity contribution in [2.24, 2.45) is 40.2 Å². The Bertz CT molecular complexity index is 4760. The average molecular weight is 1590 g/mol. The number of hydrogen-bond donors (Lipinski definition) is 10. The Kier molecular flexibility index (Phi) is 26.9. The number of hydrogen-bond acceptors (Lipinski definition) is 21. The molecule has 3 aromatic heterocycles. The number of benzene rings is 4. The number of aromatic nitrogens is 4. The monoisotopic (exact) mass is 1590 g/mol. The maximum Gasteiger partial charge on any atom is 0.410 e. The molecule has 30 nitrogen and oxygen atoms in total. The number of nitrogens with zero attached hydrogens (tertiary/aromatic N) is 6. The van der Waals surface area contributed by atoms with Crippen LogP contribution < -0.4 is 27.0 Å². The van der Waals surface area contributed by atoms with Crippen LogP contribution in [0, 0.1) is 41.4 Å². The summed E-state index contributed by atoms with van der Waals surface area (Å²) >= 11 is 1.37. The van der Waals surface area contributed by atoms with Crippen LogP contribution in [0.2, 0.25) is 0 Å². The van der Waals surface area contributed by atoms with Gasteiger partial charge in [0.1, 0.15) is 24.9 Å². The minimum atomic E-state index is -1.93. The molecule has 3 fully saturated rings. The fourth-order valence-electron chi connectivity index (χ4n) is 17.3. The van der Waals surface area contributed by atoms with Gasteiger partial charge >= 0.3 is 30.0 Å². The van der Waals surface area contributed by atoms with Crippen LogP contribution in [0.15, 0.2) is 115 Å². The summed E-state index contributed by atoms with van der Waals surface area (Å²) in [7, 11) is 0. The minimum Gasteiger partial charge on any atom is -0.481 e. The number of ether oxygens (including phenoxy) is 3. The van der Waals surface area contributed by atoms with Gasteiger partial charge in [0.2, 0.25) is 11.8 Å². The van der Waals surface area contributed by atoms with Crippen molar-refractivity contribution in [2.45, 2.75) is 181 Å². The zero-order valence-electron chi connectivity index (χ0n) is 64.6. The van der Waals surface area contributed by atoms with Crippen LogP contribution in [-0.4, -0.2) is 189 Å². The maximum atomic E-state index is 14.4. The van der Waals surface area contributed by atoms with Crippen LogP contribution in [-0.2, 0) is 60.9 Å². The number of fused-ring (bicyclic) bond motifs is 4. The largest absolute Gasteiger partial charge is 0.481 e. The van der Waals surface area contributed by atoms with E-state index in [4.69, 9.17) is 30.0 Å². The summed E-state index contributed by atoms with van der Waals surface area (Å²) in [6.07, 6.45) is 0.681. The van der Waals surface area contributed by atoms with Crippen molar-refractivity contribution >= 4 is 108 Å². The van der Waals surface area contributed by atoms with Crippen molar-refractivity contribution < 1.29 is 92.5 Å². The summed E-state index contributed by atoms with van der Waals surface area (Å²) < 4.78 is 21.2. The first kappa shape index (κ1) is 84.1. The number of carboxylic acids is 2. The lowest BCUT2D eigenvalue weighted by Gasteiger charge is -2.59. The van der Waals surface area contributed by atoms with Crippen molar-refractivity contribution in [3.63, 3.8) is 0 Å². The molecule has 4 unspecified atom stereocenters. The first-order valence-corrected chi connectivity index (χ1v) is 39.4. The third-order valence-electron chi connectivity index (χ3n) is 22.1. The predicted octanol–water partition coefficient (Wildman–Crippen LogP) is 9.73. The van der Waals surface area contributed by atoms with Crippen molar-refractivity contribution in [1.82, 2.24) is 40.2 Å². The van der Waals surface area contributed by atoms with Crippen LogP contribution in [0.4, 0.5) is 20.4 Å². The second-order valence-electron chi connectivity index (χ2n) is 31.8. The number of primary amides is 1. The average Bonchev–Trinajstić information content (AvgIpc) is 0.890. The highest BCUT2D eigenvalue weighted by atomic mass is 32.1.